The minimum Gasteiger partial charge on any atom is -0.455 e. The summed E-state index contributed by atoms with van der Waals surface area (Å²) in [5, 5.41) is 7.20. The maximum atomic E-state index is 6.76. The van der Waals surface area contributed by atoms with E-state index in [2.05, 4.69) is 229 Å². The molecule has 0 atom stereocenters. The lowest BCUT2D eigenvalue weighted by molar-refractivity contribution is 0.670. The average Bonchev–Trinajstić information content (AvgIpc) is 3.70. The fraction of sp³-hybridized carbons (Fsp3) is 0. The molecule has 0 aliphatic rings. The number of anilines is 3. The second-order valence-corrected chi connectivity index (χ2v) is 14.9. The zero-order chi connectivity index (χ0) is 38.4. The second-order valence-electron chi connectivity index (χ2n) is 14.9. The molecule has 58 heavy (non-hydrogen) atoms. The molecule has 272 valence electrons. The van der Waals surface area contributed by atoms with Gasteiger partial charge < -0.3 is 9.32 Å². The van der Waals surface area contributed by atoms with E-state index in [4.69, 9.17) is 4.42 Å². The van der Waals surface area contributed by atoms with E-state index < -0.39 is 0 Å². The van der Waals surface area contributed by atoms with Gasteiger partial charge in [-0.15, -0.1) is 0 Å². The third-order valence-corrected chi connectivity index (χ3v) is 11.5. The molecule has 2 heteroatoms. The summed E-state index contributed by atoms with van der Waals surface area (Å²) in [7, 11) is 0. The maximum absolute atomic E-state index is 6.76. The van der Waals surface area contributed by atoms with Gasteiger partial charge in [0.25, 0.3) is 0 Å². The highest BCUT2D eigenvalue weighted by atomic mass is 16.3. The van der Waals surface area contributed by atoms with E-state index >= 15 is 0 Å². The van der Waals surface area contributed by atoms with Crippen LogP contribution < -0.4 is 4.90 Å². The van der Waals surface area contributed by atoms with Crippen LogP contribution in [0.3, 0.4) is 0 Å². The van der Waals surface area contributed by atoms with Gasteiger partial charge in [0.15, 0.2) is 0 Å². The van der Waals surface area contributed by atoms with E-state index in [-0.39, 0.29) is 0 Å². The molecule has 1 heterocycles. The number of fused-ring (bicyclic) bond motifs is 6. The van der Waals surface area contributed by atoms with Crippen molar-refractivity contribution in [2.24, 2.45) is 0 Å². The van der Waals surface area contributed by atoms with E-state index in [1.165, 1.54) is 54.9 Å². The van der Waals surface area contributed by atoms with Crippen molar-refractivity contribution in [2.75, 3.05) is 4.90 Å². The molecule has 0 N–H and O–H groups in total. The fourth-order valence-electron chi connectivity index (χ4n) is 8.66. The normalized spacial score (nSPS) is 11.4. The standard InChI is InChI=1S/C56H37NO/c1-2-12-38(13-3-1)40-28-33-45(34-29-40)57(46-35-30-41(31-36-46)39-24-26-44(27-25-39)48-20-10-16-42-14-4-6-17-47(42)48)53-23-9-8-19-50(53)51-21-11-22-52-55-49-18-7-5-15-43(49)32-37-54(55)58-56(51)52/h1-37H. The van der Waals surface area contributed by atoms with Gasteiger partial charge in [-0.3, -0.25) is 0 Å². The lowest BCUT2D eigenvalue weighted by atomic mass is 9.96. The van der Waals surface area contributed by atoms with E-state index in [0.29, 0.717) is 0 Å². The quantitative estimate of drug-likeness (QED) is 0.162. The van der Waals surface area contributed by atoms with E-state index in [9.17, 15) is 0 Å². The molecule has 0 fully saturated rings. The van der Waals surface area contributed by atoms with E-state index in [1.54, 1.807) is 0 Å². The van der Waals surface area contributed by atoms with Gasteiger partial charge in [0.2, 0.25) is 0 Å². The molecule has 0 spiro atoms. The average molecular weight is 740 g/mol. The third-order valence-electron chi connectivity index (χ3n) is 11.5. The molecular weight excluding hydrogens is 703 g/mol. The first kappa shape index (κ1) is 33.6. The summed E-state index contributed by atoms with van der Waals surface area (Å²) in [6.45, 7) is 0. The van der Waals surface area contributed by atoms with Gasteiger partial charge in [0, 0.05) is 33.3 Å². The Hall–Kier alpha value is -7.68. The maximum Gasteiger partial charge on any atom is 0.143 e. The third kappa shape index (κ3) is 5.82. The lowest BCUT2D eigenvalue weighted by Crippen LogP contribution is -2.11. The minimum atomic E-state index is 0.892. The van der Waals surface area contributed by atoms with Crippen molar-refractivity contribution >= 4 is 60.5 Å². The Bertz CT molecular complexity index is 3250. The van der Waals surface area contributed by atoms with Gasteiger partial charge >= 0.3 is 0 Å². The molecule has 11 aromatic rings. The Morgan fingerprint density at radius 2 is 0.776 bits per heavy atom. The minimum absolute atomic E-state index is 0.892. The summed E-state index contributed by atoms with van der Waals surface area (Å²) in [5.41, 5.74) is 14.3. The number of nitrogens with zero attached hydrogens (tertiary/aromatic N) is 1. The van der Waals surface area contributed by atoms with Crippen molar-refractivity contribution in [1.29, 1.82) is 0 Å². The highest BCUT2D eigenvalue weighted by molar-refractivity contribution is 6.21. The lowest BCUT2D eigenvalue weighted by Gasteiger charge is -2.28. The molecule has 0 radical (unpaired) electrons. The molecular formula is C56H37NO. The van der Waals surface area contributed by atoms with Crippen LogP contribution in [0.25, 0.3) is 88.0 Å². The largest absolute Gasteiger partial charge is 0.455 e. The second kappa shape index (κ2) is 14.1. The van der Waals surface area contributed by atoms with E-state index in [0.717, 1.165) is 50.1 Å². The van der Waals surface area contributed by atoms with E-state index in [1.807, 2.05) is 0 Å². The summed E-state index contributed by atoms with van der Waals surface area (Å²) >= 11 is 0. The summed E-state index contributed by atoms with van der Waals surface area (Å²) in [4.78, 5) is 2.37. The van der Waals surface area contributed by atoms with Crippen LogP contribution in [-0.2, 0) is 0 Å². The van der Waals surface area contributed by atoms with Crippen LogP contribution in [0.15, 0.2) is 229 Å². The highest BCUT2D eigenvalue weighted by Gasteiger charge is 2.21. The summed E-state index contributed by atoms with van der Waals surface area (Å²) < 4.78 is 6.76. The Kier molecular flexibility index (Phi) is 8.19. The van der Waals surface area contributed by atoms with Crippen LogP contribution in [0.5, 0.6) is 0 Å². The van der Waals surface area contributed by atoms with Crippen LogP contribution in [0.2, 0.25) is 0 Å². The molecule has 0 aliphatic carbocycles. The van der Waals surface area contributed by atoms with Crippen molar-refractivity contribution < 1.29 is 4.42 Å². The van der Waals surface area contributed by atoms with Gasteiger partial charge in [0.05, 0.1) is 5.69 Å². The molecule has 2 nitrogen and oxygen atoms in total. The van der Waals surface area contributed by atoms with Gasteiger partial charge in [-0.25, -0.2) is 0 Å². The first-order valence-electron chi connectivity index (χ1n) is 19.8. The van der Waals surface area contributed by atoms with Crippen LogP contribution in [-0.4, -0.2) is 0 Å². The highest BCUT2D eigenvalue weighted by Crippen LogP contribution is 2.45. The zero-order valence-corrected chi connectivity index (χ0v) is 31.7. The molecule has 0 saturated carbocycles. The van der Waals surface area contributed by atoms with Crippen LogP contribution in [0.4, 0.5) is 17.1 Å². The topological polar surface area (TPSA) is 16.4 Å². The first-order valence-corrected chi connectivity index (χ1v) is 19.8. The van der Waals surface area contributed by atoms with Crippen molar-refractivity contribution in [3.05, 3.63) is 224 Å². The monoisotopic (exact) mass is 739 g/mol. The van der Waals surface area contributed by atoms with Crippen LogP contribution in [0.1, 0.15) is 0 Å². The molecule has 0 bridgehead atoms. The number of hydrogen-bond acceptors (Lipinski definition) is 2. The van der Waals surface area contributed by atoms with Gasteiger partial charge in [-0.2, -0.15) is 0 Å². The van der Waals surface area contributed by atoms with Crippen molar-refractivity contribution in [2.45, 2.75) is 0 Å². The summed E-state index contributed by atoms with van der Waals surface area (Å²) in [5.74, 6) is 0. The number of rotatable bonds is 7. The smallest absolute Gasteiger partial charge is 0.143 e. The molecule has 0 saturated heterocycles. The van der Waals surface area contributed by atoms with Gasteiger partial charge in [0.1, 0.15) is 11.2 Å². The molecule has 10 aromatic carbocycles. The van der Waals surface area contributed by atoms with Gasteiger partial charge in [-0.1, -0.05) is 188 Å². The van der Waals surface area contributed by atoms with Crippen LogP contribution in [0, 0.1) is 0 Å². The molecule has 11 rings (SSSR count). The summed E-state index contributed by atoms with van der Waals surface area (Å²) in [6.07, 6.45) is 0. The predicted octanol–water partition coefficient (Wildman–Crippen LogP) is 16.0. The SMILES string of the molecule is c1ccc(-c2ccc(N(c3ccc(-c4ccc(-c5cccc6ccccc56)cc4)cc3)c3ccccc3-c3cccc4c3oc3ccc5ccccc5c34)cc2)cc1. The van der Waals surface area contributed by atoms with Crippen molar-refractivity contribution in [3.63, 3.8) is 0 Å². The Morgan fingerprint density at radius 1 is 0.293 bits per heavy atom. The first-order chi connectivity index (χ1) is 28.8. The number of hydrogen-bond donors (Lipinski definition) is 0. The molecule has 0 aliphatic heterocycles. The van der Waals surface area contributed by atoms with Gasteiger partial charge in [-0.05, 0) is 91.3 Å². The van der Waals surface area contributed by atoms with Crippen molar-refractivity contribution in [1.82, 2.24) is 0 Å². The summed E-state index contributed by atoms with van der Waals surface area (Å²) in [6, 6.07) is 80.5. The Balaban J connectivity index is 1.02. The molecule has 1 aromatic heterocycles. The molecule has 0 amide bonds. The zero-order valence-electron chi connectivity index (χ0n) is 31.7. The predicted molar refractivity (Wildman–Crippen MR) is 245 cm³/mol. The molecule has 0 unspecified atom stereocenters. The number of benzene rings is 10. The number of furan rings is 1. The fourth-order valence-corrected chi connectivity index (χ4v) is 8.66. The number of para-hydroxylation sites is 2. The Labute approximate surface area is 337 Å². The van der Waals surface area contributed by atoms with Crippen LogP contribution >= 0.6 is 0 Å². The van der Waals surface area contributed by atoms with Crippen molar-refractivity contribution in [3.8, 4) is 44.5 Å². The Morgan fingerprint density at radius 3 is 1.50 bits per heavy atom.